The van der Waals surface area contributed by atoms with E-state index in [2.05, 4.69) is 10.4 Å². The second kappa shape index (κ2) is 9.88. The molecule has 1 amide bonds. The van der Waals surface area contributed by atoms with E-state index in [0.29, 0.717) is 31.6 Å². The van der Waals surface area contributed by atoms with Crippen molar-refractivity contribution in [1.82, 2.24) is 14.7 Å². The van der Waals surface area contributed by atoms with Crippen LogP contribution in [0.3, 0.4) is 0 Å². The summed E-state index contributed by atoms with van der Waals surface area (Å²) in [5.41, 5.74) is 0.0742. The van der Waals surface area contributed by atoms with Gasteiger partial charge in [0.2, 0.25) is 0 Å². The fourth-order valence-electron chi connectivity index (χ4n) is 3.55. The molecule has 1 aromatic heterocycles. The Bertz CT molecular complexity index is 1020. The number of para-hydroxylation sites is 1. The van der Waals surface area contributed by atoms with E-state index in [1.54, 1.807) is 30.0 Å². The number of benzene rings is 1. The van der Waals surface area contributed by atoms with Crippen molar-refractivity contribution in [3.05, 3.63) is 46.3 Å². The number of hydrogen-bond donors (Lipinski definition) is 1. The van der Waals surface area contributed by atoms with Crippen molar-refractivity contribution in [2.45, 2.75) is 52.2 Å². The Kier molecular flexibility index (Phi) is 7.19. The number of carbonyl (C=O) groups excluding carboxylic acids is 2. The van der Waals surface area contributed by atoms with Gasteiger partial charge in [0.1, 0.15) is 17.0 Å². The molecule has 178 valence electrons. The van der Waals surface area contributed by atoms with Gasteiger partial charge < -0.3 is 19.7 Å². The Hall–Kier alpha value is -3.63. The number of ether oxygens (including phenoxy) is 2. The number of nitrogens with one attached hydrogen (secondary N) is 1. The van der Waals surface area contributed by atoms with Crippen LogP contribution in [-0.4, -0.2) is 63.0 Å². The van der Waals surface area contributed by atoms with Crippen LogP contribution in [0.25, 0.3) is 5.69 Å². The predicted molar refractivity (Wildman–Crippen MR) is 121 cm³/mol. The molecule has 11 nitrogen and oxygen atoms in total. The second-order valence-corrected chi connectivity index (χ2v) is 8.71. The third kappa shape index (κ3) is 5.99. The molecule has 0 unspecified atom stereocenters. The number of nitrogens with zero attached hydrogens (tertiary/aromatic N) is 4. The summed E-state index contributed by atoms with van der Waals surface area (Å²) in [5.74, 6) is -0.544. The van der Waals surface area contributed by atoms with Crippen LogP contribution in [0.1, 0.15) is 50.9 Å². The average Bonchev–Trinajstić information content (AvgIpc) is 3.23. The first-order valence-electron chi connectivity index (χ1n) is 10.8. The van der Waals surface area contributed by atoms with Gasteiger partial charge in [-0.2, -0.15) is 5.10 Å². The summed E-state index contributed by atoms with van der Waals surface area (Å²) < 4.78 is 11.7. The molecule has 0 saturated carbocycles. The van der Waals surface area contributed by atoms with Gasteiger partial charge in [0.25, 0.3) is 0 Å². The summed E-state index contributed by atoms with van der Waals surface area (Å²) in [6.45, 7) is 8.35. The number of anilines is 1. The number of esters is 1. The van der Waals surface area contributed by atoms with Crippen molar-refractivity contribution in [2.75, 3.05) is 25.0 Å². The minimum atomic E-state index is -0.563. The highest BCUT2D eigenvalue weighted by atomic mass is 16.6. The van der Waals surface area contributed by atoms with Crippen molar-refractivity contribution in [1.29, 1.82) is 0 Å². The Morgan fingerprint density at radius 1 is 1.27 bits per heavy atom. The van der Waals surface area contributed by atoms with E-state index >= 15 is 0 Å². The lowest BCUT2D eigenvalue weighted by molar-refractivity contribution is -0.383. The van der Waals surface area contributed by atoms with Gasteiger partial charge in [-0.25, -0.2) is 14.3 Å². The highest BCUT2D eigenvalue weighted by Gasteiger charge is 2.29. The standard InChI is InChI=1S/C22H29N5O6/c1-5-32-20(28)15-13-23-26(14-15)18-8-6-7-17(19(18)27(30)31)24-16-9-11-25(12-10-16)21(29)33-22(2,3)4/h6-8,13-14,16,24H,5,9-12H2,1-4H3. The van der Waals surface area contributed by atoms with Gasteiger partial charge in [-0.15, -0.1) is 0 Å². The van der Waals surface area contributed by atoms with Crippen LogP contribution < -0.4 is 5.32 Å². The molecule has 11 heteroatoms. The largest absolute Gasteiger partial charge is 0.462 e. The zero-order chi connectivity index (χ0) is 24.2. The predicted octanol–water partition coefficient (Wildman–Crippen LogP) is 3.77. The molecular formula is C22H29N5O6. The molecule has 1 aliphatic rings. The number of piperidine rings is 1. The van der Waals surface area contributed by atoms with Gasteiger partial charge in [-0.05, 0) is 52.7 Å². The summed E-state index contributed by atoms with van der Waals surface area (Å²) in [6, 6.07) is 4.84. The molecule has 0 aliphatic carbocycles. The van der Waals surface area contributed by atoms with Crippen LogP contribution in [0, 0.1) is 10.1 Å². The van der Waals surface area contributed by atoms with Crippen molar-refractivity contribution in [3.63, 3.8) is 0 Å². The highest BCUT2D eigenvalue weighted by Crippen LogP contribution is 2.33. The van der Waals surface area contributed by atoms with Crippen LogP contribution in [0.15, 0.2) is 30.6 Å². The number of carbonyl (C=O) groups is 2. The lowest BCUT2D eigenvalue weighted by Gasteiger charge is -2.34. The minimum absolute atomic E-state index is 0.0506. The molecule has 3 rings (SSSR count). The van der Waals surface area contributed by atoms with Crippen LogP contribution in [0.2, 0.25) is 0 Å². The Morgan fingerprint density at radius 3 is 2.58 bits per heavy atom. The van der Waals surface area contributed by atoms with Crippen LogP contribution >= 0.6 is 0 Å². The smallest absolute Gasteiger partial charge is 0.410 e. The lowest BCUT2D eigenvalue weighted by Crippen LogP contribution is -2.44. The number of amides is 1. The second-order valence-electron chi connectivity index (χ2n) is 8.71. The summed E-state index contributed by atoms with van der Waals surface area (Å²) in [5, 5.41) is 19.3. The van der Waals surface area contributed by atoms with Crippen molar-refractivity contribution in [3.8, 4) is 5.69 Å². The summed E-state index contributed by atoms with van der Waals surface area (Å²) in [4.78, 5) is 37.3. The molecule has 1 fully saturated rings. The SMILES string of the molecule is CCOC(=O)c1cnn(-c2cccc(NC3CCN(C(=O)OC(C)(C)C)CC3)c2[N+](=O)[O-])c1. The van der Waals surface area contributed by atoms with Crippen LogP contribution in [-0.2, 0) is 9.47 Å². The molecule has 1 N–H and O–H groups in total. The number of aromatic nitrogens is 2. The molecule has 1 aromatic carbocycles. The van der Waals surface area contributed by atoms with Crippen LogP contribution in [0.5, 0.6) is 0 Å². The van der Waals surface area contributed by atoms with Gasteiger partial charge in [-0.1, -0.05) is 6.07 Å². The maximum absolute atomic E-state index is 12.3. The summed E-state index contributed by atoms with van der Waals surface area (Å²) in [7, 11) is 0. The third-order valence-electron chi connectivity index (χ3n) is 5.04. The van der Waals surface area contributed by atoms with Gasteiger partial charge in [0, 0.05) is 25.3 Å². The number of nitro benzene ring substituents is 1. The first-order chi connectivity index (χ1) is 15.6. The molecule has 33 heavy (non-hydrogen) atoms. The van der Waals surface area contributed by atoms with Crippen molar-refractivity contribution in [2.24, 2.45) is 0 Å². The molecule has 0 spiro atoms. The molecule has 1 saturated heterocycles. The monoisotopic (exact) mass is 459 g/mol. The first-order valence-corrected chi connectivity index (χ1v) is 10.8. The van der Waals surface area contributed by atoms with E-state index in [-0.39, 0.29) is 35.7 Å². The Morgan fingerprint density at radius 2 is 1.97 bits per heavy atom. The van der Waals surface area contributed by atoms with E-state index in [1.807, 2.05) is 20.8 Å². The average molecular weight is 460 g/mol. The quantitative estimate of drug-likeness (QED) is 0.393. The summed E-state index contributed by atoms with van der Waals surface area (Å²) >= 11 is 0. The Labute approximate surface area is 191 Å². The van der Waals surface area contributed by atoms with E-state index in [9.17, 15) is 19.7 Å². The summed E-state index contributed by atoms with van der Waals surface area (Å²) in [6.07, 6.45) is 3.60. The normalized spacial score (nSPS) is 14.6. The number of likely N-dealkylation sites (tertiary alicyclic amines) is 1. The van der Waals surface area contributed by atoms with Crippen molar-refractivity contribution >= 4 is 23.4 Å². The Balaban J connectivity index is 1.74. The molecule has 2 aromatic rings. The first kappa shape index (κ1) is 24.0. The van der Waals surface area contributed by atoms with Gasteiger partial charge in [0.15, 0.2) is 0 Å². The minimum Gasteiger partial charge on any atom is -0.462 e. The van der Waals surface area contributed by atoms with Gasteiger partial charge in [-0.3, -0.25) is 10.1 Å². The fraction of sp³-hybridized carbons (Fsp3) is 0.500. The molecule has 1 aliphatic heterocycles. The van der Waals surface area contributed by atoms with Gasteiger partial charge in [0.05, 0.1) is 23.3 Å². The zero-order valence-electron chi connectivity index (χ0n) is 19.2. The molecular weight excluding hydrogens is 430 g/mol. The topological polar surface area (TPSA) is 129 Å². The van der Waals surface area contributed by atoms with E-state index in [4.69, 9.17) is 9.47 Å². The highest BCUT2D eigenvalue weighted by molar-refractivity contribution is 5.89. The number of rotatable bonds is 6. The fourth-order valence-corrected chi connectivity index (χ4v) is 3.55. The van der Waals surface area contributed by atoms with Crippen LogP contribution in [0.4, 0.5) is 16.2 Å². The maximum Gasteiger partial charge on any atom is 0.410 e. The van der Waals surface area contributed by atoms with E-state index in [1.165, 1.54) is 17.1 Å². The van der Waals surface area contributed by atoms with Crippen molar-refractivity contribution < 1.29 is 24.0 Å². The number of hydrogen-bond acceptors (Lipinski definition) is 8. The molecule has 2 heterocycles. The number of nitro groups is 1. The zero-order valence-corrected chi connectivity index (χ0v) is 19.2. The van der Waals surface area contributed by atoms with E-state index in [0.717, 1.165) is 0 Å². The third-order valence-corrected chi connectivity index (χ3v) is 5.04. The van der Waals surface area contributed by atoms with E-state index < -0.39 is 16.5 Å². The lowest BCUT2D eigenvalue weighted by atomic mass is 10.0. The maximum atomic E-state index is 12.3. The van der Waals surface area contributed by atoms with Gasteiger partial charge >= 0.3 is 17.7 Å². The molecule has 0 atom stereocenters. The molecule has 0 bridgehead atoms. The molecule has 0 radical (unpaired) electrons.